The normalized spacial score (nSPS) is 16.1. The molecule has 0 saturated carbocycles. The molecule has 3 heterocycles. The van der Waals surface area contributed by atoms with E-state index in [-0.39, 0.29) is 11.2 Å². The van der Waals surface area contributed by atoms with Gasteiger partial charge in [-0.05, 0) is 39.8 Å². The van der Waals surface area contributed by atoms with Gasteiger partial charge >= 0.3 is 0 Å². The van der Waals surface area contributed by atoms with Gasteiger partial charge in [0, 0.05) is 22.5 Å². The summed E-state index contributed by atoms with van der Waals surface area (Å²) in [6.07, 6.45) is 0. The molecule has 0 aliphatic carbocycles. The van der Waals surface area contributed by atoms with Crippen LogP contribution in [0.15, 0.2) is 30.3 Å². The second kappa shape index (κ2) is 7.87. The molecule has 1 atom stereocenters. The first kappa shape index (κ1) is 19.4. The molecule has 3 aromatic rings. The quantitative estimate of drug-likeness (QED) is 0.707. The first-order valence-electron chi connectivity index (χ1n) is 9.53. The number of nitrogens with one attached hydrogen (secondary N) is 1. The standard InChI is InChI=1S/C21H23N5O2S/c1-5-28-16-9-7-6-8-15(16)19-18-14(4)25-26(20(18)24-17(27)11-29-19)21-22-12(2)10-13(3)23-21/h6-10,19H,5,11H2,1-4H3,(H,24,27)/t19-/m1/s1. The van der Waals surface area contributed by atoms with Crippen LogP contribution >= 0.6 is 11.8 Å². The summed E-state index contributed by atoms with van der Waals surface area (Å²) in [4.78, 5) is 21.6. The van der Waals surface area contributed by atoms with E-state index in [2.05, 4.69) is 15.3 Å². The van der Waals surface area contributed by atoms with Gasteiger partial charge in [0.05, 0.1) is 23.3 Å². The predicted molar refractivity (Wildman–Crippen MR) is 114 cm³/mol. The summed E-state index contributed by atoms with van der Waals surface area (Å²) in [5.74, 6) is 2.17. The van der Waals surface area contributed by atoms with Gasteiger partial charge in [-0.3, -0.25) is 4.79 Å². The van der Waals surface area contributed by atoms with Gasteiger partial charge in [-0.25, -0.2) is 9.97 Å². The average Bonchev–Trinajstić information content (AvgIpc) is 2.88. The first-order valence-corrected chi connectivity index (χ1v) is 10.6. The molecule has 150 valence electrons. The fraction of sp³-hybridized carbons (Fsp3) is 0.333. The molecule has 0 spiro atoms. The number of rotatable bonds is 4. The number of nitrogens with zero attached hydrogens (tertiary/aromatic N) is 4. The third-order valence-corrected chi connectivity index (χ3v) is 5.92. The van der Waals surface area contributed by atoms with Crippen molar-refractivity contribution in [2.45, 2.75) is 32.9 Å². The van der Waals surface area contributed by atoms with Gasteiger partial charge in [-0.15, -0.1) is 11.8 Å². The highest BCUT2D eigenvalue weighted by Crippen LogP contribution is 2.46. The van der Waals surface area contributed by atoms with Gasteiger partial charge in [0.1, 0.15) is 11.6 Å². The van der Waals surface area contributed by atoms with Crippen molar-refractivity contribution < 1.29 is 9.53 Å². The lowest BCUT2D eigenvalue weighted by Gasteiger charge is -2.18. The highest BCUT2D eigenvalue weighted by atomic mass is 32.2. The summed E-state index contributed by atoms with van der Waals surface area (Å²) >= 11 is 1.57. The van der Waals surface area contributed by atoms with E-state index in [1.54, 1.807) is 16.4 Å². The zero-order valence-electron chi connectivity index (χ0n) is 16.9. The minimum Gasteiger partial charge on any atom is -0.494 e. The summed E-state index contributed by atoms with van der Waals surface area (Å²) in [6, 6.07) is 9.87. The Balaban J connectivity index is 1.91. The number of anilines is 1. The number of fused-ring (bicyclic) bond motifs is 1. The van der Waals surface area contributed by atoms with E-state index < -0.39 is 0 Å². The summed E-state index contributed by atoms with van der Waals surface area (Å²) < 4.78 is 7.51. The minimum atomic E-state index is -0.0913. The van der Waals surface area contributed by atoms with E-state index in [0.717, 1.165) is 34.0 Å². The molecular weight excluding hydrogens is 386 g/mol. The lowest BCUT2D eigenvalue weighted by Crippen LogP contribution is -2.17. The van der Waals surface area contributed by atoms with Crippen molar-refractivity contribution in [3.8, 4) is 11.7 Å². The fourth-order valence-corrected chi connectivity index (χ4v) is 4.77. The topological polar surface area (TPSA) is 81.9 Å². The van der Waals surface area contributed by atoms with Gasteiger partial charge in [-0.2, -0.15) is 9.78 Å². The molecule has 1 aliphatic heterocycles. The van der Waals surface area contributed by atoms with Crippen molar-refractivity contribution in [3.05, 3.63) is 58.5 Å². The van der Waals surface area contributed by atoms with Crippen LogP contribution in [0.2, 0.25) is 0 Å². The molecular formula is C21H23N5O2S. The highest BCUT2D eigenvalue weighted by molar-refractivity contribution is 8.00. The Hall–Kier alpha value is -2.87. The number of hydrogen-bond donors (Lipinski definition) is 1. The largest absolute Gasteiger partial charge is 0.494 e. The maximum Gasteiger partial charge on any atom is 0.252 e. The number of amides is 1. The number of ether oxygens (including phenoxy) is 1. The van der Waals surface area contributed by atoms with E-state index in [4.69, 9.17) is 9.84 Å². The van der Waals surface area contributed by atoms with Crippen molar-refractivity contribution in [2.75, 3.05) is 17.7 Å². The molecule has 2 aromatic heterocycles. The maximum atomic E-state index is 12.5. The zero-order chi connectivity index (χ0) is 20.5. The Labute approximate surface area is 173 Å². The molecule has 0 radical (unpaired) electrons. The van der Waals surface area contributed by atoms with Crippen molar-refractivity contribution in [1.29, 1.82) is 0 Å². The molecule has 1 N–H and O–H groups in total. The Morgan fingerprint density at radius 3 is 2.66 bits per heavy atom. The predicted octanol–water partition coefficient (Wildman–Crippen LogP) is 3.76. The number of hydrogen-bond acceptors (Lipinski definition) is 6. The summed E-state index contributed by atoms with van der Waals surface area (Å²) in [6.45, 7) is 8.33. The third kappa shape index (κ3) is 3.72. The van der Waals surface area contributed by atoms with Crippen LogP contribution in [-0.2, 0) is 4.79 Å². The number of para-hydroxylation sites is 1. The zero-order valence-corrected chi connectivity index (χ0v) is 17.7. The third-order valence-electron chi connectivity index (χ3n) is 4.67. The van der Waals surface area contributed by atoms with Crippen LogP contribution in [0.1, 0.15) is 40.4 Å². The Kier molecular flexibility index (Phi) is 5.27. The van der Waals surface area contributed by atoms with Crippen LogP contribution in [0.3, 0.4) is 0 Å². The Morgan fingerprint density at radius 1 is 1.21 bits per heavy atom. The molecule has 29 heavy (non-hydrogen) atoms. The van der Waals surface area contributed by atoms with Gasteiger partial charge in [0.2, 0.25) is 5.91 Å². The lowest BCUT2D eigenvalue weighted by molar-refractivity contribution is -0.113. The van der Waals surface area contributed by atoms with Crippen LogP contribution in [0.4, 0.5) is 5.82 Å². The first-order chi connectivity index (χ1) is 14.0. The molecule has 4 rings (SSSR count). The van der Waals surface area contributed by atoms with E-state index in [1.807, 2.05) is 58.0 Å². The number of aromatic nitrogens is 4. The summed E-state index contributed by atoms with van der Waals surface area (Å²) in [5, 5.41) is 7.62. The molecule has 1 aliphatic rings. The monoisotopic (exact) mass is 409 g/mol. The molecule has 0 bridgehead atoms. The molecule has 0 fully saturated rings. The van der Waals surface area contributed by atoms with E-state index >= 15 is 0 Å². The molecule has 0 saturated heterocycles. The fourth-order valence-electron chi connectivity index (χ4n) is 3.56. The molecule has 8 heteroatoms. The number of thioether (sulfide) groups is 1. The van der Waals surface area contributed by atoms with Gasteiger partial charge in [0.15, 0.2) is 0 Å². The van der Waals surface area contributed by atoms with E-state index in [1.165, 1.54) is 0 Å². The van der Waals surface area contributed by atoms with Crippen molar-refractivity contribution >= 4 is 23.5 Å². The van der Waals surface area contributed by atoms with E-state index in [0.29, 0.717) is 24.1 Å². The smallest absolute Gasteiger partial charge is 0.252 e. The SMILES string of the molecule is CCOc1ccccc1[C@H]1SCC(=O)Nc2c1c(C)nn2-c1nc(C)cc(C)n1. The average molecular weight is 410 g/mol. The van der Waals surface area contributed by atoms with Crippen LogP contribution in [0.5, 0.6) is 5.75 Å². The number of benzene rings is 1. The highest BCUT2D eigenvalue weighted by Gasteiger charge is 2.32. The summed E-state index contributed by atoms with van der Waals surface area (Å²) in [7, 11) is 0. The van der Waals surface area contributed by atoms with E-state index in [9.17, 15) is 4.79 Å². The van der Waals surface area contributed by atoms with Crippen molar-refractivity contribution in [1.82, 2.24) is 19.7 Å². The molecule has 1 aromatic carbocycles. The van der Waals surface area contributed by atoms with Crippen LogP contribution < -0.4 is 10.1 Å². The lowest BCUT2D eigenvalue weighted by atomic mass is 10.0. The van der Waals surface area contributed by atoms with Crippen LogP contribution in [0, 0.1) is 20.8 Å². The second-order valence-electron chi connectivity index (χ2n) is 6.92. The minimum absolute atomic E-state index is 0.0711. The molecule has 7 nitrogen and oxygen atoms in total. The number of aryl methyl sites for hydroxylation is 3. The van der Waals surface area contributed by atoms with Crippen LogP contribution in [0.25, 0.3) is 5.95 Å². The maximum absolute atomic E-state index is 12.5. The Morgan fingerprint density at radius 2 is 1.93 bits per heavy atom. The van der Waals surface area contributed by atoms with Crippen molar-refractivity contribution in [2.24, 2.45) is 0 Å². The van der Waals surface area contributed by atoms with Gasteiger partial charge in [-0.1, -0.05) is 18.2 Å². The van der Waals surface area contributed by atoms with Gasteiger partial charge < -0.3 is 10.1 Å². The second-order valence-corrected chi connectivity index (χ2v) is 8.01. The Bertz CT molecular complexity index is 1060. The van der Waals surface area contributed by atoms with Crippen molar-refractivity contribution in [3.63, 3.8) is 0 Å². The summed E-state index contributed by atoms with van der Waals surface area (Å²) in [5.41, 5.74) is 4.51. The number of carbonyl (C=O) groups is 1. The molecule has 0 unspecified atom stereocenters. The van der Waals surface area contributed by atoms with Gasteiger partial charge in [0.25, 0.3) is 5.95 Å². The molecule has 1 amide bonds. The van der Waals surface area contributed by atoms with Crippen LogP contribution in [-0.4, -0.2) is 38.0 Å². The number of carbonyl (C=O) groups excluding carboxylic acids is 1.